The molecule has 1 aliphatic heterocycles. The molecule has 0 bridgehead atoms. The Morgan fingerprint density at radius 1 is 1.17 bits per heavy atom. The smallest absolute Gasteiger partial charge is 0.292 e. The number of aromatic nitrogens is 1. The van der Waals surface area contributed by atoms with E-state index in [0.29, 0.717) is 37.7 Å². The van der Waals surface area contributed by atoms with Crippen LogP contribution in [0.25, 0.3) is 0 Å². The molecule has 10 heteroatoms. The lowest BCUT2D eigenvalue weighted by atomic mass is 10.1. The van der Waals surface area contributed by atoms with Gasteiger partial charge in [-0.1, -0.05) is 29.8 Å². The van der Waals surface area contributed by atoms with E-state index < -0.39 is 6.10 Å². The highest BCUT2D eigenvalue weighted by Gasteiger charge is 2.25. The summed E-state index contributed by atoms with van der Waals surface area (Å²) in [5, 5.41) is 18.1. The van der Waals surface area contributed by atoms with Crippen LogP contribution in [0.4, 0.5) is 5.69 Å². The molecule has 9 nitrogen and oxygen atoms in total. The number of methoxy groups -OCH3 is 1. The number of amides is 1. The first kappa shape index (κ1) is 25.8. The van der Waals surface area contributed by atoms with Crippen LogP contribution >= 0.6 is 11.6 Å². The fourth-order valence-corrected chi connectivity index (χ4v) is 4.17. The van der Waals surface area contributed by atoms with Crippen LogP contribution in [0.5, 0.6) is 11.6 Å². The van der Waals surface area contributed by atoms with Crippen molar-refractivity contribution in [3.63, 3.8) is 0 Å². The molecule has 3 aromatic rings. The zero-order chi connectivity index (χ0) is 25.5. The first-order valence-electron chi connectivity index (χ1n) is 11.9. The van der Waals surface area contributed by atoms with Crippen LogP contribution in [0.3, 0.4) is 0 Å². The van der Waals surface area contributed by atoms with Crippen LogP contribution in [0.2, 0.25) is 5.02 Å². The maximum atomic E-state index is 12.8. The van der Waals surface area contributed by atoms with Crippen molar-refractivity contribution in [1.82, 2.24) is 15.4 Å². The van der Waals surface area contributed by atoms with Gasteiger partial charge in [0.05, 0.1) is 13.2 Å². The van der Waals surface area contributed by atoms with Gasteiger partial charge in [-0.2, -0.15) is 0 Å². The topological polar surface area (TPSA) is 100 Å². The minimum atomic E-state index is -0.763. The van der Waals surface area contributed by atoms with Crippen molar-refractivity contribution in [2.24, 2.45) is 0 Å². The molecule has 0 spiro atoms. The van der Waals surface area contributed by atoms with Crippen molar-refractivity contribution < 1.29 is 23.9 Å². The Bertz CT molecular complexity index is 1130. The van der Waals surface area contributed by atoms with Crippen molar-refractivity contribution in [3.05, 3.63) is 70.9 Å². The van der Waals surface area contributed by atoms with E-state index >= 15 is 0 Å². The number of piperazine rings is 1. The molecule has 1 aliphatic rings. The first-order valence-corrected chi connectivity index (χ1v) is 12.3. The van der Waals surface area contributed by atoms with Gasteiger partial charge in [0.1, 0.15) is 18.5 Å². The Balaban J connectivity index is 1.20. The van der Waals surface area contributed by atoms with Gasteiger partial charge < -0.3 is 34.2 Å². The monoisotopic (exact) mass is 514 g/mol. The van der Waals surface area contributed by atoms with Crippen molar-refractivity contribution in [1.29, 1.82) is 0 Å². The van der Waals surface area contributed by atoms with E-state index in [0.717, 1.165) is 17.0 Å². The quantitative estimate of drug-likeness (QED) is 0.424. The fraction of sp³-hybridized carbons (Fsp3) is 0.385. The Morgan fingerprint density at radius 3 is 2.61 bits per heavy atom. The predicted molar refractivity (Wildman–Crippen MR) is 137 cm³/mol. The van der Waals surface area contributed by atoms with Crippen LogP contribution in [0.1, 0.15) is 29.1 Å². The summed E-state index contributed by atoms with van der Waals surface area (Å²) in [5.41, 5.74) is 2.12. The molecule has 0 saturated carbocycles. The first-order chi connectivity index (χ1) is 17.4. The number of carbonyl (C=O) groups is 1. The number of nitrogens with zero attached hydrogens (tertiary/aromatic N) is 3. The van der Waals surface area contributed by atoms with Crippen molar-refractivity contribution in [2.75, 3.05) is 51.3 Å². The number of benzene rings is 2. The number of anilines is 1. The summed E-state index contributed by atoms with van der Waals surface area (Å²) in [6.07, 6.45) is -0.763. The van der Waals surface area contributed by atoms with Crippen LogP contribution in [-0.4, -0.2) is 73.6 Å². The largest absolute Gasteiger partial charge is 0.497 e. The van der Waals surface area contributed by atoms with Gasteiger partial charge in [-0.3, -0.25) is 4.79 Å². The highest BCUT2D eigenvalue weighted by molar-refractivity contribution is 6.30. The molecule has 2 N–H and O–H groups in total. The van der Waals surface area contributed by atoms with Crippen molar-refractivity contribution in [3.8, 4) is 11.6 Å². The van der Waals surface area contributed by atoms with E-state index in [1.807, 2.05) is 55.5 Å². The molecular formula is C26H31ClN4O5. The van der Waals surface area contributed by atoms with Crippen molar-refractivity contribution in [2.45, 2.75) is 19.1 Å². The number of aliphatic hydroxyl groups is 1. The Morgan fingerprint density at radius 2 is 1.92 bits per heavy atom. The lowest BCUT2D eigenvalue weighted by molar-refractivity contribution is 0.0703. The Hall–Kier alpha value is -3.27. The van der Waals surface area contributed by atoms with Crippen molar-refractivity contribution >= 4 is 23.2 Å². The lowest BCUT2D eigenvalue weighted by Crippen LogP contribution is -2.48. The second-order valence-corrected chi connectivity index (χ2v) is 9.09. The van der Waals surface area contributed by atoms with Gasteiger partial charge in [0.25, 0.3) is 11.8 Å². The molecule has 2 heterocycles. The maximum absolute atomic E-state index is 12.8. The fourth-order valence-electron chi connectivity index (χ4n) is 3.99. The second-order valence-electron chi connectivity index (χ2n) is 8.66. The average molecular weight is 515 g/mol. The van der Waals surface area contributed by atoms with Crippen LogP contribution in [0.15, 0.2) is 59.1 Å². The third-order valence-corrected chi connectivity index (χ3v) is 6.37. The molecule has 1 amide bonds. The number of halogens is 1. The van der Waals surface area contributed by atoms with Gasteiger partial charge in [0.15, 0.2) is 0 Å². The number of nitrogens with one attached hydrogen (secondary N) is 1. The molecule has 36 heavy (non-hydrogen) atoms. The normalized spacial score (nSPS) is 15.4. The number of carbonyl (C=O) groups excluding carboxylic acids is 1. The molecule has 192 valence electrons. The van der Waals surface area contributed by atoms with Gasteiger partial charge in [-0.05, 0) is 48.0 Å². The summed E-state index contributed by atoms with van der Waals surface area (Å²) in [5.74, 6) is 0.836. The molecule has 0 radical (unpaired) electrons. The van der Waals surface area contributed by atoms with Gasteiger partial charge in [0, 0.05) is 49.5 Å². The van der Waals surface area contributed by atoms with Crippen LogP contribution in [-0.2, 0) is 0 Å². The van der Waals surface area contributed by atoms with E-state index in [-0.39, 0.29) is 30.2 Å². The summed E-state index contributed by atoms with van der Waals surface area (Å²) in [6, 6.07) is 16.9. The summed E-state index contributed by atoms with van der Waals surface area (Å²) in [4.78, 5) is 16.7. The zero-order valence-electron chi connectivity index (χ0n) is 20.4. The molecule has 1 unspecified atom stereocenters. The SMILES string of the molecule is COc1ccc([C@@H](C)NCC(O)COc2cc(C(=O)N3CCN(c4cccc(Cl)c4)CC3)on2)cc1. The molecule has 1 aromatic heterocycles. The molecule has 2 atom stereocenters. The van der Waals surface area contributed by atoms with E-state index in [1.54, 1.807) is 12.0 Å². The minimum Gasteiger partial charge on any atom is -0.497 e. The second kappa shape index (κ2) is 12.1. The highest BCUT2D eigenvalue weighted by Crippen LogP contribution is 2.22. The van der Waals surface area contributed by atoms with E-state index in [2.05, 4.69) is 15.4 Å². The minimum absolute atomic E-state index is 0.0147. The highest BCUT2D eigenvalue weighted by atomic mass is 35.5. The molecule has 1 saturated heterocycles. The third-order valence-electron chi connectivity index (χ3n) is 6.14. The maximum Gasteiger partial charge on any atom is 0.292 e. The van der Waals surface area contributed by atoms with E-state index in [1.165, 1.54) is 6.07 Å². The van der Waals surface area contributed by atoms with Gasteiger partial charge in [0.2, 0.25) is 5.76 Å². The summed E-state index contributed by atoms with van der Waals surface area (Å²) in [7, 11) is 1.63. The molecule has 1 fully saturated rings. The molecule has 0 aliphatic carbocycles. The molecule has 2 aromatic carbocycles. The van der Waals surface area contributed by atoms with Gasteiger partial charge >= 0.3 is 0 Å². The van der Waals surface area contributed by atoms with E-state index in [9.17, 15) is 9.90 Å². The van der Waals surface area contributed by atoms with Crippen LogP contribution < -0.4 is 19.7 Å². The summed E-state index contributed by atoms with van der Waals surface area (Å²) in [6.45, 7) is 4.85. The zero-order valence-corrected chi connectivity index (χ0v) is 21.1. The third kappa shape index (κ3) is 6.69. The molecular weight excluding hydrogens is 484 g/mol. The number of aliphatic hydroxyl groups excluding tert-OH is 1. The predicted octanol–water partition coefficient (Wildman–Crippen LogP) is 3.39. The number of hydrogen-bond donors (Lipinski definition) is 2. The Labute approximate surface area is 215 Å². The standard InChI is InChI=1S/C26H31ClN4O5/c1-18(19-6-8-23(34-2)9-7-19)28-16-22(32)17-35-25-15-24(36-29-25)26(33)31-12-10-30(11-13-31)21-5-3-4-20(27)14-21/h3-9,14-15,18,22,28,32H,10-13,16-17H2,1-2H3/t18-,22?/m1/s1. The summed E-state index contributed by atoms with van der Waals surface area (Å²) >= 11 is 6.09. The number of hydrogen-bond acceptors (Lipinski definition) is 8. The average Bonchev–Trinajstić information content (AvgIpc) is 3.39. The van der Waals surface area contributed by atoms with Crippen LogP contribution in [0, 0.1) is 0 Å². The number of rotatable bonds is 10. The Kier molecular flexibility index (Phi) is 8.69. The van der Waals surface area contributed by atoms with E-state index in [4.69, 9.17) is 25.6 Å². The molecule has 4 rings (SSSR count). The van der Waals surface area contributed by atoms with Gasteiger partial charge in [-0.15, -0.1) is 0 Å². The lowest BCUT2D eigenvalue weighted by Gasteiger charge is -2.35. The van der Waals surface area contributed by atoms with Gasteiger partial charge in [-0.25, -0.2) is 0 Å². The summed E-state index contributed by atoms with van der Waals surface area (Å²) < 4.78 is 15.9. The number of ether oxygens (including phenoxy) is 2.